The van der Waals surface area contributed by atoms with Gasteiger partial charge in [-0.25, -0.2) is 8.42 Å². The highest BCUT2D eigenvalue weighted by molar-refractivity contribution is 7.92. The number of benzene rings is 1. The fraction of sp³-hybridized carbons (Fsp3) is 0.562. The highest BCUT2D eigenvalue weighted by atomic mass is 32.2. The molecule has 0 aromatic heterocycles. The third kappa shape index (κ3) is 3.60. The van der Waals surface area contributed by atoms with Crippen LogP contribution in [0.25, 0.3) is 0 Å². The molecule has 2 aliphatic rings. The minimum Gasteiger partial charge on any atom is -0.494 e. The summed E-state index contributed by atoms with van der Waals surface area (Å²) in [5.41, 5.74) is 0.974. The fourth-order valence-corrected chi connectivity index (χ4v) is 4.42. The molecule has 0 radical (unpaired) electrons. The van der Waals surface area contributed by atoms with Crippen LogP contribution < -0.4 is 14.8 Å². The highest BCUT2D eigenvalue weighted by Crippen LogP contribution is 2.48. The van der Waals surface area contributed by atoms with Crippen LogP contribution >= 0.6 is 0 Å². The maximum absolute atomic E-state index is 12.5. The van der Waals surface area contributed by atoms with E-state index in [-0.39, 0.29) is 11.8 Å². The lowest BCUT2D eigenvalue weighted by molar-refractivity contribution is -0.121. The third-order valence-electron chi connectivity index (χ3n) is 4.84. The summed E-state index contributed by atoms with van der Waals surface area (Å²) in [5, 5.41) is 2.94. The van der Waals surface area contributed by atoms with Crippen molar-refractivity contribution in [3.05, 3.63) is 18.2 Å². The summed E-state index contributed by atoms with van der Waals surface area (Å²) >= 11 is 0. The molecule has 1 amide bonds. The molecule has 6 nitrogen and oxygen atoms in total. The second-order valence-electron chi connectivity index (χ2n) is 6.56. The van der Waals surface area contributed by atoms with Gasteiger partial charge in [-0.15, -0.1) is 0 Å². The van der Waals surface area contributed by atoms with Crippen LogP contribution in [-0.2, 0) is 14.8 Å². The summed E-state index contributed by atoms with van der Waals surface area (Å²) in [4.78, 5) is 12.5. The van der Waals surface area contributed by atoms with E-state index in [0.717, 1.165) is 19.1 Å². The fourth-order valence-electron chi connectivity index (χ4n) is 3.85. The first-order chi connectivity index (χ1) is 10.9. The molecule has 3 rings (SSSR count). The molecule has 23 heavy (non-hydrogen) atoms. The maximum Gasteiger partial charge on any atom is 0.229 e. The normalized spacial score (nSPS) is 26.1. The number of nitrogens with one attached hydrogen (secondary N) is 2. The van der Waals surface area contributed by atoms with Crippen LogP contribution in [0, 0.1) is 17.8 Å². The topological polar surface area (TPSA) is 84.5 Å². The van der Waals surface area contributed by atoms with Gasteiger partial charge in [0.25, 0.3) is 0 Å². The van der Waals surface area contributed by atoms with E-state index in [4.69, 9.17) is 4.74 Å². The van der Waals surface area contributed by atoms with Gasteiger partial charge in [-0.2, -0.15) is 0 Å². The number of amides is 1. The van der Waals surface area contributed by atoms with Crippen molar-refractivity contribution in [2.45, 2.75) is 25.7 Å². The van der Waals surface area contributed by atoms with Gasteiger partial charge in [-0.3, -0.25) is 9.52 Å². The van der Waals surface area contributed by atoms with Crippen molar-refractivity contribution in [2.75, 3.05) is 23.4 Å². The number of carbonyl (C=O) groups excluding carboxylic acids is 1. The zero-order chi connectivity index (χ0) is 16.6. The number of hydrogen-bond donors (Lipinski definition) is 2. The van der Waals surface area contributed by atoms with E-state index in [1.165, 1.54) is 20.0 Å². The van der Waals surface area contributed by atoms with Crippen molar-refractivity contribution in [1.82, 2.24) is 0 Å². The predicted octanol–water partition coefficient (Wildman–Crippen LogP) is 2.44. The summed E-state index contributed by atoms with van der Waals surface area (Å²) in [7, 11) is -1.92. The molecule has 1 aromatic rings. The van der Waals surface area contributed by atoms with Crippen molar-refractivity contribution < 1.29 is 17.9 Å². The first kappa shape index (κ1) is 16.1. The van der Waals surface area contributed by atoms with E-state index in [9.17, 15) is 13.2 Å². The van der Waals surface area contributed by atoms with Gasteiger partial charge >= 0.3 is 0 Å². The minimum absolute atomic E-state index is 0.0584. The standard InChI is InChI=1S/C16H22N2O4S/c1-22-15-9-12(5-6-14(15)18-23(2,20)21)17-16(19)13-8-10-3-4-11(13)7-10/h5-6,9-11,13,18H,3-4,7-8H2,1-2H3,(H,17,19)/t10-,11-,13-/m0/s1. The molecular weight excluding hydrogens is 316 g/mol. The van der Waals surface area contributed by atoms with Gasteiger partial charge in [0, 0.05) is 17.7 Å². The van der Waals surface area contributed by atoms with Crippen molar-refractivity contribution in [3.63, 3.8) is 0 Å². The number of methoxy groups -OCH3 is 1. The highest BCUT2D eigenvalue weighted by Gasteiger charge is 2.43. The Hall–Kier alpha value is -1.76. The van der Waals surface area contributed by atoms with Crippen molar-refractivity contribution in [2.24, 2.45) is 17.8 Å². The molecule has 2 fully saturated rings. The molecule has 0 heterocycles. The van der Waals surface area contributed by atoms with E-state index in [1.54, 1.807) is 18.2 Å². The SMILES string of the molecule is COc1cc(NC(=O)[C@H]2C[C@H]3CC[C@H]2C3)ccc1NS(C)(=O)=O. The maximum atomic E-state index is 12.5. The van der Waals surface area contributed by atoms with E-state index in [0.29, 0.717) is 29.0 Å². The minimum atomic E-state index is -3.38. The molecule has 0 unspecified atom stereocenters. The van der Waals surface area contributed by atoms with E-state index in [2.05, 4.69) is 10.0 Å². The molecule has 0 saturated heterocycles. The van der Waals surface area contributed by atoms with Crippen molar-refractivity contribution >= 4 is 27.3 Å². The van der Waals surface area contributed by atoms with Crippen LogP contribution in [0.2, 0.25) is 0 Å². The summed E-state index contributed by atoms with van der Waals surface area (Å²) in [6, 6.07) is 4.91. The molecule has 2 aliphatic carbocycles. The van der Waals surface area contributed by atoms with Crippen LogP contribution in [0.4, 0.5) is 11.4 Å². The van der Waals surface area contributed by atoms with E-state index in [1.807, 2.05) is 0 Å². The Morgan fingerprint density at radius 2 is 2.04 bits per heavy atom. The number of fused-ring (bicyclic) bond motifs is 2. The Bertz CT molecular complexity index is 717. The molecule has 3 atom stereocenters. The molecule has 2 N–H and O–H groups in total. The zero-order valence-corrected chi connectivity index (χ0v) is 14.2. The summed E-state index contributed by atoms with van der Waals surface area (Å²) in [6.07, 6.45) is 5.66. The number of sulfonamides is 1. The third-order valence-corrected chi connectivity index (χ3v) is 5.43. The zero-order valence-electron chi connectivity index (χ0n) is 13.3. The Morgan fingerprint density at radius 3 is 2.61 bits per heavy atom. The largest absolute Gasteiger partial charge is 0.494 e. The Morgan fingerprint density at radius 1 is 1.26 bits per heavy atom. The molecule has 2 bridgehead atoms. The smallest absolute Gasteiger partial charge is 0.229 e. The average molecular weight is 338 g/mol. The molecular formula is C16H22N2O4S. The monoisotopic (exact) mass is 338 g/mol. The van der Waals surface area contributed by atoms with Crippen LogP contribution in [0.1, 0.15) is 25.7 Å². The van der Waals surface area contributed by atoms with Gasteiger partial charge < -0.3 is 10.1 Å². The van der Waals surface area contributed by atoms with Gasteiger partial charge in [-0.05, 0) is 43.2 Å². The summed E-state index contributed by atoms with van der Waals surface area (Å²) < 4.78 is 30.3. The lowest BCUT2D eigenvalue weighted by Crippen LogP contribution is -2.27. The van der Waals surface area contributed by atoms with Crippen LogP contribution in [0.3, 0.4) is 0 Å². The average Bonchev–Trinajstić information content (AvgIpc) is 3.10. The van der Waals surface area contributed by atoms with Gasteiger partial charge in [0.15, 0.2) is 0 Å². The number of rotatable bonds is 5. The Labute approximate surface area is 136 Å². The first-order valence-corrected chi connectivity index (χ1v) is 9.71. The van der Waals surface area contributed by atoms with E-state index < -0.39 is 10.0 Å². The second kappa shape index (κ2) is 6.03. The quantitative estimate of drug-likeness (QED) is 0.863. The molecule has 0 spiro atoms. The lowest BCUT2D eigenvalue weighted by atomic mass is 9.88. The van der Waals surface area contributed by atoms with Crippen molar-refractivity contribution in [1.29, 1.82) is 0 Å². The molecule has 1 aromatic carbocycles. The van der Waals surface area contributed by atoms with Crippen LogP contribution in [-0.4, -0.2) is 27.7 Å². The lowest BCUT2D eigenvalue weighted by Gasteiger charge is -2.21. The molecule has 0 aliphatic heterocycles. The van der Waals surface area contributed by atoms with E-state index >= 15 is 0 Å². The van der Waals surface area contributed by atoms with Gasteiger partial charge in [0.05, 0.1) is 19.1 Å². The first-order valence-electron chi connectivity index (χ1n) is 7.82. The molecule has 7 heteroatoms. The van der Waals surface area contributed by atoms with Gasteiger partial charge in [0.2, 0.25) is 15.9 Å². The van der Waals surface area contributed by atoms with Crippen LogP contribution in [0.15, 0.2) is 18.2 Å². The number of ether oxygens (including phenoxy) is 1. The number of carbonyl (C=O) groups is 1. The van der Waals surface area contributed by atoms with Gasteiger partial charge in [0.1, 0.15) is 5.75 Å². The molecule has 2 saturated carbocycles. The Balaban J connectivity index is 1.72. The Kier molecular flexibility index (Phi) is 4.23. The summed E-state index contributed by atoms with van der Waals surface area (Å²) in [6.45, 7) is 0. The summed E-state index contributed by atoms with van der Waals surface area (Å²) in [5.74, 6) is 1.78. The number of hydrogen-bond acceptors (Lipinski definition) is 4. The van der Waals surface area contributed by atoms with Crippen LogP contribution in [0.5, 0.6) is 5.75 Å². The van der Waals surface area contributed by atoms with Crippen molar-refractivity contribution in [3.8, 4) is 5.75 Å². The molecule has 126 valence electrons. The predicted molar refractivity (Wildman–Crippen MR) is 89.0 cm³/mol. The number of anilines is 2. The van der Waals surface area contributed by atoms with Gasteiger partial charge in [-0.1, -0.05) is 6.42 Å². The second-order valence-corrected chi connectivity index (χ2v) is 8.31.